The van der Waals surface area contributed by atoms with Crippen LogP contribution < -0.4 is 5.32 Å². The molecule has 0 bridgehead atoms. The lowest BCUT2D eigenvalue weighted by Crippen LogP contribution is -2.47. The monoisotopic (exact) mass is 253 g/mol. The van der Waals surface area contributed by atoms with Crippen LogP contribution in [0.1, 0.15) is 38.5 Å². The maximum absolute atomic E-state index is 11.9. The van der Waals surface area contributed by atoms with Gasteiger partial charge < -0.3 is 15.1 Å². The molecule has 2 aliphatic heterocycles. The van der Waals surface area contributed by atoms with Gasteiger partial charge >= 0.3 is 6.03 Å². The fourth-order valence-corrected chi connectivity index (χ4v) is 2.62. The number of carbonyl (C=O) groups is 2. The molecule has 0 spiro atoms. The Labute approximate surface area is 108 Å². The third-order valence-electron chi connectivity index (χ3n) is 3.74. The number of hydrogen-bond donors (Lipinski definition) is 1. The van der Waals surface area contributed by atoms with E-state index in [4.69, 9.17) is 0 Å². The number of nitrogens with zero attached hydrogens (tertiary/aromatic N) is 2. The average molecular weight is 253 g/mol. The van der Waals surface area contributed by atoms with E-state index in [2.05, 4.69) is 5.32 Å². The topological polar surface area (TPSA) is 52.7 Å². The first-order chi connectivity index (χ1) is 8.77. The van der Waals surface area contributed by atoms with Crippen LogP contribution in [0.2, 0.25) is 0 Å². The van der Waals surface area contributed by atoms with Crippen molar-refractivity contribution in [1.29, 1.82) is 0 Å². The number of nitrogens with one attached hydrogen (secondary N) is 1. The average Bonchev–Trinajstić information content (AvgIpc) is 2.46. The number of amides is 3. The predicted molar refractivity (Wildman–Crippen MR) is 69.3 cm³/mol. The molecule has 1 N–H and O–H groups in total. The Bertz CT molecular complexity index is 265. The zero-order valence-electron chi connectivity index (χ0n) is 11.0. The van der Waals surface area contributed by atoms with E-state index in [1.54, 1.807) is 0 Å². The SMILES string of the molecule is O=C(CNC(=O)N1CCCCC1)N1CCCCC1. The van der Waals surface area contributed by atoms with Gasteiger partial charge in [-0.05, 0) is 38.5 Å². The fraction of sp³-hybridized carbons (Fsp3) is 0.846. The van der Waals surface area contributed by atoms with Crippen LogP contribution >= 0.6 is 0 Å². The van der Waals surface area contributed by atoms with Crippen LogP contribution in [0.25, 0.3) is 0 Å². The Kier molecular flexibility index (Phi) is 4.84. The molecule has 102 valence electrons. The molecule has 0 atom stereocenters. The van der Waals surface area contributed by atoms with Crippen LogP contribution in [0.4, 0.5) is 4.79 Å². The molecule has 0 aliphatic carbocycles. The standard InChI is InChI=1S/C13H23N3O2/c17-12(15-7-3-1-4-8-15)11-14-13(18)16-9-5-2-6-10-16/h1-11H2,(H,14,18). The van der Waals surface area contributed by atoms with Gasteiger partial charge in [-0.1, -0.05) is 0 Å². The summed E-state index contributed by atoms with van der Waals surface area (Å²) in [6.07, 6.45) is 6.75. The largest absolute Gasteiger partial charge is 0.341 e. The third kappa shape index (κ3) is 3.62. The summed E-state index contributed by atoms with van der Waals surface area (Å²) in [5.74, 6) is 0.0556. The van der Waals surface area contributed by atoms with Crippen molar-refractivity contribution in [1.82, 2.24) is 15.1 Å². The van der Waals surface area contributed by atoms with Gasteiger partial charge in [0.1, 0.15) is 0 Å². The minimum atomic E-state index is -0.0833. The first-order valence-corrected chi connectivity index (χ1v) is 7.08. The van der Waals surface area contributed by atoms with E-state index >= 15 is 0 Å². The summed E-state index contributed by atoms with van der Waals surface area (Å²) in [5.41, 5.74) is 0. The summed E-state index contributed by atoms with van der Waals surface area (Å²) >= 11 is 0. The molecule has 0 aromatic heterocycles. The third-order valence-corrected chi connectivity index (χ3v) is 3.74. The molecule has 5 nitrogen and oxygen atoms in total. The molecule has 5 heteroatoms. The first kappa shape index (κ1) is 13.2. The Morgan fingerprint density at radius 2 is 1.28 bits per heavy atom. The molecule has 2 saturated heterocycles. The number of piperidine rings is 2. The van der Waals surface area contributed by atoms with Crippen LogP contribution in [0.15, 0.2) is 0 Å². The van der Waals surface area contributed by atoms with E-state index in [1.807, 2.05) is 9.80 Å². The van der Waals surface area contributed by atoms with Crippen molar-refractivity contribution in [3.05, 3.63) is 0 Å². The predicted octanol–water partition coefficient (Wildman–Crippen LogP) is 1.19. The minimum Gasteiger partial charge on any atom is -0.341 e. The van der Waals surface area contributed by atoms with Crippen molar-refractivity contribution < 1.29 is 9.59 Å². The van der Waals surface area contributed by atoms with Crippen LogP contribution in [-0.2, 0) is 4.79 Å². The molecule has 0 aromatic rings. The Morgan fingerprint density at radius 3 is 1.83 bits per heavy atom. The molecule has 2 heterocycles. The first-order valence-electron chi connectivity index (χ1n) is 7.08. The van der Waals surface area contributed by atoms with Crippen molar-refractivity contribution in [3.63, 3.8) is 0 Å². The molecule has 0 saturated carbocycles. The van der Waals surface area contributed by atoms with Gasteiger partial charge in [0.25, 0.3) is 0 Å². The lowest BCUT2D eigenvalue weighted by molar-refractivity contribution is -0.130. The van der Waals surface area contributed by atoms with Crippen LogP contribution in [0, 0.1) is 0 Å². The lowest BCUT2D eigenvalue weighted by atomic mass is 10.1. The molecular formula is C13H23N3O2. The van der Waals surface area contributed by atoms with E-state index in [1.165, 1.54) is 12.8 Å². The van der Waals surface area contributed by atoms with Crippen molar-refractivity contribution in [3.8, 4) is 0 Å². The number of rotatable bonds is 2. The van der Waals surface area contributed by atoms with E-state index in [9.17, 15) is 9.59 Å². The Morgan fingerprint density at radius 1 is 0.778 bits per heavy atom. The van der Waals surface area contributed by atoms with Gasteiger partial charge in [-0.15, -0.1) is 0 Å². The molecule has 2 aliphatic rings. The van der Waals surface area contributed by atoms with Crippen LogP contribution in [0.5, 0.6) is 0 Å². The number of urea groups is 1. The van der Waals surface area contributed by atoms with Gasteiger partial charge in [-0.3, -0.25) is 4.79 Å². The summed E-state index contributed by atoms with van der Waals surface area (Å²) in [6, 6.07) is -0.0833. The summed E-state index contributed by atoms with van der Waals surface area (Å²) in [4.78, 5) is 27.4. The summed E-state index contributed by atoms with van der Waals surface area (Å²) in [7, 11) is 0. The van der Waals surface area contributed by atoms with E-state index < -0.39 is 0 Å². The highest BCUT2D eigenvalue weighted by atomic mass is 16.2. The fourth-order valence-electron chi connectivity index (χ4n) is 2.62. The molecule has 0 aromatic carbocycles. The highest BCUT2D eigenvalue weighted by molar-refractivity contribution is 5.84. The van der Waals surface area contributed by atoms with E-state index in [0.29, 0.717) is 0 Å². The smallest absolute Gasteiger partial charge is 0.317 e. The summed E-state index contributed by atoms with van der Waals surface area (Å²) < 4.78 is 0. The number of carbonyl (C=O) groups excluding carboxylic acids is 2. The molecule has 18 heavy (non-hydrogen) atoms. The van der Waals surface area contributed by atoms with Gasteiger partial charge in [0.15, 0.2) is 0 Å². The van der Waals surface area contributed by atoms with Crippen molar-refractivity contribution >= 4 is 11.9 Å². The molecule has 0 unspecified atom stereocenters. The van der Waals surface area contributed by atoms with Crippen LogP contribution in [-0.4, -0.2) is 54.5 Å². The highest BCUT2D eigenvalue weighted by Crippen LogP contribution is 2.09. The van der Waals surface area contributed by atoms with Crippen LogP contribution in [0.3, 0.4) is 0 Å². The van der Waals surface area contributed by atoms with Crippen molar-refractivity contribution in [2.75, 3.05) is 32.7 Å². The van der Waals surface area contributed by atoms with Crippen molar-refractivity contribution in [2.45, 2.75) is 38.5 Å². The van der Waals surface area contributed by atoms with E-state index in [0.717, 1.165) is 51.9 Å². The molecule has 0 radical (unpaired) electrons. The van der Waals surface area contributed by atoms with Gasteiger partial charge in [-0.2, -0.15) is 0 Å². The quantitative estimate of drug-likeness (QED) is 0.804. The summed E-state index contributed by atoms with van der Waals surface area (Å²) in [5, 5.41) is 2.75. The molecular weight excluding hydrogens is 230 g/mol. The maximum atomic E-state index is 11.9. The highest BCUT2D eigenvalue weighted by Gasteiger charge is 2.19. The Balaban J connectivity index is 1.69. The molecule has 3 amide bonds. The second-order valence-corrected chi connectivity index (χ2v) is 5.15. The zero-order chi connectivity index (χ0) is 12.8. The second kappa shape index (κ2) is 6.61. The molecule has 2 rings (SSSR count). The zero-order valence-corrected chi connectivity index (χ0v) is 11.0. The number of likely N-dealkylation sites (tertiary alicyclic amines) is 2. The van der Waals surface area contributed by atoms with Crippen molar-refractivity contribution in [2.24, 2.45) is 0 Å². The van der Waals surface area contributed by atoms with Gasteiger partial charge in [0, 0.05) is 26.2 Å². The van der Waals surface area contributed by atoms with Gasteiger partial charge in [0.2, 0.25) is 5.91 Å². The minimum absolute atomic E-state index is 0.0556. The summed E-state index contributed by atoms with van der Waals surface area (Å²) in [6.45, 7) is 3.49. The normalized spacial score (nSPS) is 20.7. The lowest BCUT2D eigenvalue weighted by Gasteiger charge is -2.29. The number of hydrogen-bond acceptors (Lipinski definition) is 2. The van der Waals surface area contributed by atoms with Gasteiger partial charge in [0.05, 0.1) is 6.54 Å². The molecule has 2 fully saturated rings. The van der Waals surface area contributed by atoms with Gasteiger partial charge in [-0.25, -0.2) is 4.79 Å². The second-order valence-electron chi connectivity index (χ2n) is 5.15. The Hall–Kier alpha value is -1.26. The van der Waals surface area contributed by atoms with E-state index in [-0.39, 0.29) is 18.5 Å². The maximum Gasteiger partial charge on any atom is 0.317 e.